The minimum atomic E-state index is 0.163. The molecule has 0 aliphatic carbocycles. The highest BCUT2D eigenvalue weighted by Gasteiger charge is 2.29. The number of carbonyl (C=O) groups is 1. The van der Waals surface area contributed by atoms with Gasteiger partial charge in [-0.2, -0.15) is 0 Å². The van der Waals surface area contributed by atoms with Gasteiger partial charge < -0.3 is 9.64 Å². The molecule has 2 saturated heterocycles. The van der Waals surface area contributed by atoms with Gasteiger partial charge in [0.25, 0.3) is 0 Å². The standard InChI is InChI=1S/C20H28N2O2/c1-16(13-17-7-3-4-9-19(17)24-2)14-20(23)22-12-6-11-21-10-5-8-18(21)15-22/h3-4,7,9,14,18H,5-6,8,10-13,15H2,1-2H3/b16-14+/t18-/m1/s1. The number of methoxy groups -OCH3 is 1. The van der Waals surface area contributed by atoms with Crippen LogP contribution in [0.1, 0.15) is 31.7 Å². The van der Waals surface area contributed by atoms with Gasteiger partial charge in [-0.15, -0.1) is 0 Å². The number of hydrogen-bond donors (Lipinski definition) is 0. The number of ether oxygens (including phenoxy) is 1. The second-order valence-electron chi connectivity index (χ2n) is 6.95. The zero-order chi connectivity index (χ0) is 16.9. The lowest BCUT2D eigenvalue weighted by Crippen LogP contribution is -2.39. The summed E-state index contributed by atoms with van der Waals surface area (Å²) in [5, 5.41) is 0. The summed E-state index contributed by atoms with van der Waals surface area (Å²) in [6.45, 7) is 6.14. The van der Waals surface area contributed by atoms with Crippen LogP contribution in [-0.2, 0) is 11.2 Å². The molecule has 0 spiro atoms. The van der Waals surface area contributed by atoms with Crippen LogP contribution in [0.15, 0.2) is 35.9 Å². The lowest BCUT2D eigenvalue weighted by atomic mass is 10.0. The highest BCUT2D eigenvalue weighted by molar-refractivity contribution is 5.88. The van der Waals surface area contributed by atoms with Crippen molar-refractivity contribution >= 4 is 5.91 Å². The van der Waals surface area contributed by atoms with E-state index in [1.54, 1.807) is 7.11 Å². The van der Waals surface area contributed by atoms with Crippen molar-refractivity contribution in [2.45, 2.75) is 38.6 Å². The number of fused-ring (bicyclic) bond motifs is 1. The Morgan fingerprint density at radius 2 is 2.04 bits per heavy atom. The van der Waals surface area contributed by atoms with Crippen molar-refractivity contribution in [3.05, 3.63) is 41.5 Å². The van der Waals surface area contributed by atoms with Crippen LogP contribution in [0.2, 0.25) is 0 Å². The average Bonchev–Trinajstić information content (AvgIpc) is 2.92. The molecule has 3 rings (SSSR count). The summed E-state index contributed by atoms with van der Waals surface area (Å²) in [5.74, 6) is 1.05. The largest absolute Gasteiger partial charge is 0.496 e. The summed E-state index contributed by atoms with van der Waals surface area (Å²) in [7, 11) is 1.69. The Morgan fingerprint density at radius 1 is 1.25 bits per heavy atom. The number of rotatable bonds is 4. The lowest BCUT2D eigenvalue weighted by Gasteiger charge is -2.25. The van der Waals surface area contributed by atoms with E-state index in [1.807, 2.05) is 36.1 Å². The molecule has 0 unspecified atom stereocenters. The monoisotopic (exact) mass is 328 g/mol. The fourth-order valence-corrected chi connectivity index (χ4v) is 3.91. The zero-order valence-electron chi connectivity index (χ0n) is 14.8. The molecule has 24 heavy (non-hydrogen) atoms. The van der Waals surface area contributed by atoms with Crippen LogP contribution in [0.25, 0.3) is 0 Å². The van der Waals surface area contributed by atoms with Crippen molar-refractivity contribution in [1.82, 2.24) is 9.80 Å². The van der Waals surface area contributed by atoms with E-state index in [2.05, 4.69) is 11.0 Å². The van der Waals surface area contributed by atoms with E-state index in [0.29, 0.717) is 6.04 Å². The predicted octanol–water partition coefficient (Wildman–Crippen LogP) is 2.88. The molecular formula is C20H28N2O2. The third-order valence-electron chi connectivity index (χ3n) is 5.15. The number of allylic oxidation sites excluding steroid dienone is 1. The fourth-order valence-electron chi connectivity index (χ4n) is 3.91. The number of hydrogen-bond acceptors (Lipinski definition) is 3. The summed E-state index contributed by atoms with van der Waals surface area (Å²) in [4.78, 5) is 17.3. The molecule has 2 aliphatic heterocycles. The Kier molecular flexibility index (Phi) is 5.56. The smallest absolute Gasteiger partial charge is 0.246 e. The third-order valence-corrected chi connectivity index (χ3v) is 5.15. The van der Waals surface area contributed by atoms with Crippen molar-refractivity contribution in [3.8, 4) is 5.75 Å². The van der Waals surface area contributed by atoms with Gasteiger partial charge in [0.2, 0.25) is 5.91 Å². The quantitative estimate of drug-likeness (QED) is 0.797. The molecule has 1 atom stereocenters. The molecule has 130 valence electrons. The molecular weight excluding hydrogens is 300 g/mol. The summed E-state index contributed by atoms with van der Waals surface area (Å²) in [6, 6.07) is 8.57. The zero-order valence-corrected chi connectivity index (χ0v) is 14.8. The molecule has 0 aromatic heterocycles. The fraction of sp³-hybridized carbons (Fsp3) is 0.550. The van der Waals surface area contributed by atoms with E-state index in [1.165, 1.54) is 19.4 Å². The van der Waals surface area contributed by atoms with Gasteiger partial charge in [-0.1, -0.05) is 23.8 Å². The van der Waals surface area contributed by atoms with Crippen LogP contribution < -0.4 is 4.74 Å². The van der Waals surface area contributed by atoms with Crippen molar-refractivity contribution in [1.29, 1.82) is 0 Å². The highest BCUT2D eigenvalue weighted by atomic mass is 16.5. The van der Waals surface area contributed by atoms with E-state index < -0.39 is 0 Å². The Balaban J connectivity index is 1.64. The number of nitrogens with zero attached hydrogens (tertiary/aromatic N) is 2. The minimum absolute atomic E-state index is 0.163. The average molecular weight is 328 g/mol. The molecule has 2 heterocycles. The van der Waals surface area contributed by atoms with E-state index in [-0.39, 0.29) is 5.91 Å². The van der Waals surface area contributed by atoms with Gasteiger partial charge in [-0.05, 0) is 50.8 Å². The van der Waals surface area contributed by atoms with E-state index in [0.717, 1.165) is 49.4 Å². The first-order valence-corrected chi connectivity index (χ1v) is 8.99. The van der Waals surface area contributed by atoms with Gasteiger partial charge in [0.15, 0.2) is 0 Å². The minimum Gasteiger partial charge on any atom is -0.496 e. The van der Waals surface area contributed by atoms with Crippen LogP contribution in [-0.4, -0.2) is 55.0 Å². The van der Waals surface area contributed by atoms with Crippen molar-refractivity contribution < 1.29 is 9.53 Å². The molecule has 4 heteroatoms. The molecule has 0 saturated carbocycles. The summed E-state index contributed by atoms with van der Waals surface area (Å²) in [5.41, 5.74) is 2.21. The van der Waals surface area contributed by atoms with Crippen LogP contribution in [0.5, 0.6) is 5.75 Å². The van der Waals surface area contributed by atoms with Gasteiger partial charge in [0, 0.05) is 31.8 Å². The van der Waals surface area contributed by atoms with Gasteiger partial charge in [-0.3, -0.25) is 9.69 Å². The van der Waals surface area contributed by atoms with E-state index in [9.17, 15) is 4.79 Å². The number of para-hydroxylation sites is 1. The molecule has 4 nitrogen and oxygen atoms in total. The second-order valence-corrected chi connectivity index (χ2v) is 6.95. The summed E-state index contributed by atoms with van der Waals surface area (Å²) >= 11 is 0. The maximum atomic E-state index is 12.7. The van der Waals surface area contributed by atoms with Crippen LogP contribution >= 0.6 is 0 Å². The van der Waals surface area contributed by atoms with Gasteiger partial charge >= 0.3 is 0 Å². The molecule has 0 radical (unpaired) electrons. The van der Waals surface area contributed by atoms with Gasteiger partial charge in [0.05, 0.1) is 7.11 Å². The van der Waals surface area contributed by atoms with E-state index in [4.69, 9.17) is 4.74 Å². The van der Waals surface area contributed by atoms with Crippen molar-refractivity contribution in [2.24, 2.45) is 0 Å². The Bertz CT molecular complexity index is 611. The molecule has 2 aliphatic rings. The van der Waals surface area contributed by atoms with E-state index >= 15 is 0 Å². The molecule has 0 N–H and O–H groups in total. The van der Waals surface area contributed by atoms with Crippen LogP contribution in [0.3, 0.4) is 0 Å². The molecule has 1 aromatic rings. The topological polar surface area (TPSA) is 32.8 Å². The predicted molar refractivity (Wildman–Crippen MR) is 96.2 cm³/mol. The van der Waals surface area contributed by atoms with Crippen molar-refractivity contribution in [3.63, 3.8) is 0 Å². The first-order chi connectivity index (χ1) is 11.7. The lowest BCUT2D eigenvalue weighted by molar-refractivity contribution is -0.126. The number of carbonyl (C=O) groups excluding carboxylic acids is 1. The molecule has 1 aromatic carbocycles. The third kappa shape index (κ3) is 3.99. The molecule has 2 fully saturated rings. The Labute approximate surface area is 145 Å². The maximum absolute atomic E-state index is 12.7. The highest BCUT2D eigenvalue weighted by Crippen LogP contribution is 2.23. The van der Waals surface area contributed by atoms with Gasteiger partial charge in [0.1, 0.15) is 5.75 Å². The SMILES string of the molecule is COc1ccccc1C/C(C)=C/C(=O)N1CCCN2CCC[C@@H]2C1. The first-order valence-electron chi connectivity index (χ1n) is 8.99. The Morgan fingerprint density at radius 3 is 2.88 bits per heavy atom. The summed E-state index contributed by atoms with van der Waals surface area (Å²) < 4.78 is 5.40. The Hall–Kier alpha value is -1.81. The number of benzene rings is 1. The second kappa shape index (κ2) is 7.84. The van der Waals surface area contributed by atoms with Crippen LogP contribution in [0.4, 0.5) is 0 Å². The number of amides is 1. The van der Waals surface area contributed by atoms with Gasteiger partial charge in [-0.25, -0.2) is 0 Å². The van der Waals surface area contributed by atoms with Crippen molar-refractivity contribution in [2.75, 3.05) is 33.3 Å². The van der Waals surface area contributed by atoms with Crippen LogP contribution in [0, 0.1) is 0 Å². The maximum Gasteiger partial charge on any atom is 0.246 e. The first kappa shape index (κ1) is 17.0. The molecule has 1 amide bonds. The normalized spacial score (nSPS) is 22.2. The summed E-state index contributed by atoms with van der Waals surface area (Å²) in [6.07, 6.45) is 6.15. The molecule has 0 bridgehead atoms.